The molecule has 0 radical (unpaired) electrons. The molecule has 0 aliphatic carbocycles. The number of hydrogen-bond acceptors (Lipinski definition) is 4. The van der Waals surface area contributed by atoms with E-state index in [-0.39, 0.29) is 23.2 Å². The fourth-order valence-electron chi connectivity index (χ4n) is 4.18. The smallest absolute Gasteiger partial charge is 0.344 e. The van der Waals surface area contributed by atoms with E-state index < -0.39 is 12.1 Å². The summed E-state index contributed by atoms with van der Waals surface area (Å²) in [6, 6.07) is 31.2. The standard InChI is InChI=1S/C31H23ClO5/c32-24-16-14-22(15-17-24)21-12-9-20(10-13-21)11-18-28(31(34)35)36-27-8-4-7-25-26(33)19-29(37-30(25)27)23-5-2-1-3-6-23/h1-10,12-17,19,28H,11,18H2,(H,34,35). The lowest BCUT2D eigenvalue weighted by atomic mass is 10.0. The number of ether oxygens (including phenoxy) is 1. The number of rotatable bonds is 8. The molecular weight excluding hydrogens is 488 g/mol. The Kier molecular flexibility index (Phi) is 7.06. The second kappa shape index (κ2) is 10.7. The summed E-state index contributed by atoms with van der Waals surface area (Å²) in [5, 5.41) is 10.9. The van der Waals surface area contributed by atoms with Crippen molar-refractivity contribution in [1.82, 2.24) is 0 Å². The highest BCUT2D eigenvalue weighted by molar-refractivity contribution is 6.30. The minimum absolute atomic E-state index is 0.220. The molecule has 1 unspecified atom stereocenters. The Labute approximate surface area is 218 Å². The van der Waals surface area contributed by atoms with Crippen molar-refractivity contribution in [1.29, 1.82) is 0 Å². The molecule has 1 N–H and O–H groups in total. The SMILES string of the molecule is O=C(O)C(CCc1ccc(-c2ccc(Cl)cc2)cc1)Oc1cccc2c(=O)cc(-c3ccccc3)oc12. The number of aliphatic carboxylic acids is 1. The number of aryl methyl sites for hydroxylation is 1. The van der Waals surface area contributed by atoms with Crippen molar-refractivity contribution in [2.24, 2.45) is 0 Å². The van der Waals surface area contributed by atoms with Crippen LogP contribution in [0.2, 0.25) is 5.02 Å². The van der Waals surface area contributed by atoms with E-state index in [9.17, 15) is 14.7 Å². The molecule has 0 saturated carbocycles. The predicted molar refractivity (Wildman–Crippen MR) is 145 cm³/mol. The molecular formula is C31H23ClO5. The minimum Gasteiger partial charge on any atom is -0.479 e. The number of benzene rings is 4. The van der Waals surface area contributed by atoms with Crippen LogP contribution < -0.4 is 10.2 Å². The maximum absolute atomic E-state index is 12.8. The van der Waals surface area contributed by atoms with Gasteiger partial charge in [-0.15, -0.1) is 0 Å². The van der Waals surface area contributed by atoms with Gasteiger partial charge in [0, 0.05) is 16.7 Å². The fourth-order valence-corrected chi connectivity index (χ4v) is 4.30. The van der Waals surface area contributed by atoms with Crippen LogP contribution in [0, 0.1) is 0 Å². The Morgan fingerprint density at radius 1 is 0.838 bits per heavy atom. The van der Waals surface area contributed by atoms with Crippen LogP contribution in [0.4, 0.5) is 0 Å². The van der Waals surface area contributed by atoms with E-state index in [1.54, 1.807) is 18.2 Å². The number of hydrogen-bond donors (Lipinski definition) is 1. The van der Waals surface area contributed by atoms with Crippen molar-refractivity contribution in [3.8, 4) is 28.2 Å². The lowest BCUT2D eigenvalue weighted by Gasteiger charge is -2.16. The fraction of sp³-hybridized carbons (Fsp3) is 0.0968. The zero-order chi connectivity index (χ0) is 25.8. The minimum atomic E-state index is -1.12. The van der Waals surface area contributed by atoms with Crippen LogP contribution in [-0.2, 0) is 11.2 Å². The van der Waals surface area contributed by atoms with Crippen molar-refractivity contribution in [3.05, 3.63) is 124 Å². The Hall–Kier alpha value is -4.35. The average Bonchev–Trinajstić information content (AvgIpc) is 2.92. The van der Waals surface area contributed by atoms with Gasteiger partial charge in [0.1, 0.15) is 5.76 Å². The molecule has 0 aliphatic rings. The Morgan fingerprint density at radius 2 is 1.51 bits per heavy atom. The quantitative estimate of drug-likeness (QED) is 0.238. The molecule has 37 heavy (non-hydrogen) atoms. The highest BCUT2D eigenvalue weighted by Gasteiger charge is 2.22. The molecule has 1 aromatic heterocycles. The molecule has 0 spiro atoms. The molecule has 4 aromatic carbocycles. The molecule has 1 heterocycles. The van der Waals surface area contributed by atoms with Gasteiger partial charge in [0.05, 0.1) is 5.39 Å². The van der Waals surface area contributed by atoms with Gasteiger partial charge in [-0.2, -0.15) is 0 Å². The number of para-hydroxylation sites is 1. The zero-order valence-corrected chi connectivity index (χ0v) is 20.5. The van der Waals surface area contributed by atoms with Gasteiger partial charge in [-0.1, -0.05) is 84.4 Å². The van der Waals surface area contributed by atoms with Crippen molar-refractivity contribution in [3.63, 3.8) is 0 Å². The second-order valence-corrected chi connectivity index (χ2v) is 9.10. The molecule has 5 rings (SSSR count). The molecule has 0 bridgehead atoms. The van der Waals surface area contributed by atoms with E-state index >= 15 is 0 Å². The third kappa shape index (κ3) is 5.57. The maximum atomic E-state index is 12.8. The van der Waals surface area contributed by atoms with Crippen molar-refractivity contribution < 1.29 is 19.1 Å². The van der Waals surface area contributed by atoms with Crippen LogP contribution in [0.1, 0.15) is 12.0 Å². The van der Waals surface area contributed by atoms with E-state index in [2.05, 4.69) is 0 Å². The molecule has 0 amide bonds. The Balaban J connectivity index is 1.36. The highest BCUT2D eigenvalue weighted by atomic mass is 35.5. The van der Waals surface area contributed by atoms with Gasteiger partial charge in [0.25, 0.3) is 0 Å². The van der Waals surface area contributed by atoms with Gasteiger partial charge in [0.15, 0.2) is 22.9 Å². The molecule has 0 saturated heterocycles. The topological polar surface area (TPSA) is 76.7 Å². The van der Waals surface area contributed by atoms with Gasteiger partial charge >= 0.3 is 5.97 Å². The summed E-state index contributed by atoms with van der Waals surface area (Å²) in [5.74, 6) is -0.476. The average molecular weight is 511 g/mol. The van der Waals surface area contributed by atoms with Gasteiger partial charge in [-0.25, -0.2) is 4.79 Å². The van der Waals surface area contributed by atoms with Crippen LogP contribution in [0.5, 0.6) is 5.75 Å². The first-order valence-electron chi connectivity index (χ1n) is 11.8. The zero-order valence-electron chi connectivity index (χ0n) is 19.8. The van der Waals surface area contributed by atoms with Gasteiger partial charge < -0.3 is 14.3 Å². The summed E-state index contributed by atoms with van der Waals surface area (Å²) in [6.07, 6.45) is -0.372. The maximum Gasteiger partial charge on any atom is 0.344 e. The number of carbonyl (C=O) groups is 1. The lowest BCUT2D eigenvalue weighted by molar-refractivity contribution is -0.145. The first-order chi connectivity index (χ1) is 18.0. The van der Waals surface area contributed by atoms with Crippen molar-refractivity contribution in [2.75, 3.05) is 0 Å². The van der Waals surface area contributed by atoms with Crippen LogP contribution in [-0.4, -0.2) is 17.2 Å². The first kappa shape index (κ1) is 24.3. The number of halogens is 1. The Morgan fingerprint density at radius 3 is 2.19 bits per heavy atom. The van der Waals surface area contributed by atoms with Gasteiger partial charge in [-0.3, -0.25) is 4.79 Å². The normalized spacial score (nSPS) is 11.8. The largest absolute Gasteiger partial charge is 0.479 e. The van der Waals surface area contributed by atoms with Gasteiger partial charge in [0.2, 0.25) is 0 Å². The predicted octanol–water partition coefficient (Wildman–Crippen LogP) is 7.25. The van der Waals surface area contributed by atoms with E-state index in [4.69, 9.17) is 20.8 Å². The molecule has 0 aliphatic heterocycles. The first-order valence-corrected chi connectivity index (χ1v) is 12.2. The summed E-state index contributed by atoms with van der Waals surface area (Å²) < 4.78 is 12.0. The molecule has 184 valence electrons. The van der Waals surface area contributed by atoms with Crippen molar-refractivity contribution in [2.45, 2.75) is 18.9 Å². The van der Waals surface area contributed by atoms with E-state index in [1.165, 1.54) is 6.07 Å². The molecule has 5 aromatic rings. The molecule has 5 nitrogen and oxygen atoms in total. The van der Waals surface area contributed by atoms with Crippen LogP contribution in [0.25, 0.3) is 33.4 Å². The molecule has 6 heteroatoms. The van der Waals surface area contributed by atoms with Crippen LogP contribution in [0.3, 0.4) is 0 Å². The molecule has 1 atom stereocenters. The van der Waals surface area contributed by atoms with Crippen LogP contribution in [0.15, 0.2) is 112 Å². The monoisotopic (exact) mass is 510 g/mol. The van der Waals surface area contributed by atoms with Crippen molar-refractivity contribution >= 4 is 28.5 Å². The summed E-state index contributed by atoms with van der Waals surface area (Å²) in [7, 11) is 0. The lowest BCUT2D eigenvalue weighted by Crippen LogP contribution is -2.27. The van der Waals surface area contributed by atoms with E-state index in [1.807, 2.05) is 78.9 Å². The number of carboxylic acids is 1. The third-order valence-corrected chi connectivity index (χ3v) is 6.40. The third-order valence-electron chi connectivity index (χ3n) is 6.15. The highest BCUT2D eigenvalue weighted by Crippen LogP contribution is 2.30. The Bertz CT molecular complexity index is 1590. The van der Waals surface area contributed by atoms with Crippen LogP contribution >= 0.6 is 11.6 Å². The summed E-state index contributed by atoms with van der Waals surface area (Å²) in [5.41, 5.74) is 3.84. The number of carboxylic acid groups (broad SMARTS) is 1. The summed E-state index contributed by atoms with van der Waals surface area (Å²) >= 11 is 5.97. The second-order valence-electron chi connectivity index (χ2n) is 8.66. The molecule has 0 fully saturated rings. The summed E-state index contributed by atoms with van der Waals surface area (Å²) in [4.78, 5) is 24.8. The van der Waals surface area contributed by atoms with E-state index in [0.29, 0.717) is 22.6 Å². The summed E-state index contributed by atoms with van der Waals surface area (Å²) in [6.45, 7) is 0. The van der Waals surface area contributed by atoms with E-state index in [0.717, 1.165) is 22.3 Å². The number of fused-ring (bicyclic) bond motifs is 1. The van der Waals surface area contributed by atoms with Gasteiger partial charge in [-0.05, 0) is 53.8 Å².